The Morgan fingerprint density at radius 2 is 1.57 bits per heavy atom. The number of hydrogen-bond acceptors (Lipinski definition) is 3. The van der Waals surface area contributed by atoms with Crippen molar-refractivity contribution in [1.29, 1.82) is 0 Å². The molecule has 0 saturated carbocycles. The predicted molar refractivity (Wildman–Crippen MR) is 97.8 cm³/mol. The lowest BCUT2D eigenvalue weighted by Gasteiger charge is -2.39. The molecule has 2 atom stereocenters. The fourth-order valence-electron chi connectivity index (χ4n) is 4.21. The molecule has 2 unspecified atom stereocenters. The van der Waals surface area contributed by atoms with Gasteiger partial charge in [0.25, 0.3) is 0 Å². The van der Waals surface area contributed by atoms with Crippen LogP contribution in [0.2, 0.25) is 0 Å². The van der Waals surface area contributed by atoms with Gasteiger partial charge >= 0.3 is 12.3 Å². The number of amides is 1. The van der Waals surface area contributed by atoms with E-state index in [4.69, 9.17) is 4.74 Å². The summed E-state index contributed by atoms with van der Waals surface area (Å²) in [5, 5.41) is 0. The molecule has 28 heavy (non-hydrogen) atoms. The van der Waals surface area contributed by atoms with Crippen LogP contribution in [0.15, 0.2) is 24.3 Å². The first-order valence-corrected chi connectivity index (χ1v) is 9.64. The molecule has 2 heterocycles. The number of halogens is 3. The molecule has 1 aromatic carbocycles. The second-order valence-corrected chi connectivity index (χ2v) is 8.78. The largest absolute Gasteiger partial charge is 0.444 e. The van der Waals surface area contributed by atoms with Crippen molar-refractivity contribution >= 4 is 11.9 Å². The fraction of sp³-hybridized carbons (Fsp3) is 0.619. The van der Waals surface area contributed by atoms with Crippen LogP contribution in [0.5, 0.6) is 0 Å². The van der Waals surface area contributed by atoms with Crippen molar-refractivity contribution < 1.29 is 27.5 Å². The summed E-state index contributed by atoms with van der Waals surface area (Å²) in [4.78, 5) is 27.0. The third kappa shape index (κ3) is 4.67. The van der Waals surface area contributed by atoms with Crippen LogP contribution in [0.4, 0.5) is 18.0 Å². The fourth-order valence-corrected chi connectivity index (χ4v) is 4.21. The van der Waals surface area contributed by atoms with Crippen LogP contribution in [0.3, 0.4) is 0 Å². The van der Waals surface area contributed by atoms with Gasteiger partial charge in [-0.2, -0.15) is 13.2 Å². The lowest BCUT2D eigenvalue weighted by Crippen LogP contribution is -2.49. The Labute approximate surface area is 163 Å². The molecule has 2 aliphatic heterocycles. The van der Waals surface area contributed by atoms with Crippen LogP contribution < -0.4 is 0 Å². The number of benzene rings is 1. The molecule has 2 saturated heterocycles. The number of rotatable bonds is 3. The van der Waals surface area contributed by atoms with E-state index in [1.165, 1.54) is 12.1 Å². The monoisotopic (exact) mass is 397 g/mol. The van der Waals surface area contributed by atoms with Crippen molar-refractivity contribution in [2.75, 3.05) is 0 Å². The molecule has 3 rings (SSSR count). The molecule has 0 radical (unpaired) electrons. The van der Waals surface area contributed by atoms with Gasteiger partial charge in [0, 0.05) is 24.4 Å². The van der Waals surface area contributed by atoms with E-state index >= 15 is 0 Å². The smallest absolute Gasteiger partial charge is 0.416 e. The highest BCUT2D eigenvalue weighted by Gasteiger charge is 2.46. The second kappa shape index (κ2) is 7.41. The Balaban J connectivity index is 1.61. The SMILES string of the molecule is CC(C)(C)OC(=O)N1C2CCC1CC(C(=O)Cc1ccc(C(F)(F)F)cc1)C2. The van der Waals surface area contributed by atoms with Crippen molar-refractivity contribution in [3.8, 4) is 0 Å². The highest BCUT2D eigenvalue weighted by Crippen LogP contribution is 2.40. The van der Waals surface area contributed by atoms with E-state index < -0.39 is 17.3 Å². The first-order chi connectivity index (χ1) is 12.9. The van der Waals surface area contributed by atoms with Gasteiger partial charge in [-0.3, -0.25) is 4.79 Å². The Morgan fingerprint density at radius 3 is 2.04 bits per heavy atom. The first-order valence-electron chi connectivity index (χ1n) is 9.64. The molecule has 2 aliphatic rings. The predicted octanol–water partition coefficient (Wildman–Crippen LogP) is 5.00. The summed E-state index contributed by atoms with van der Waals surface area (Å²) in [6.45, 7) is 5.48. The summed E-state index contributed by atoms with van der Waals surface area (Å²) >= 11 is 0. The summed E-state index contributed by atoms with van der Waals surface area (Å²) in [7, 11) is 0. The van der Waals surface area contributed by atoms with Crippen LogP contribution >= 0.6 is 0 Å². The minimum atomic E-state index is -4.38. The molecule has 0 spiro atoms. The minimum absolute atomic E-state index is 0.00449. The minimum Gasteiger partial charge on any atom is -0.444 e. The number of carbonyl (C=O) groups excluding carboxylic acids is 2. The molecule has 0 aliphatic carbocycles. The molecule has 1 aromatic rings. The van der Waals surface area contributed by atoms with Gasteiger partial charge in [0.2, 0.25) is 0 Å². The zero-order valence-electron chi connectivity index (χ0n) is 16.4. The molecule has 1 amide bonds. The van der Waals surface area contributed by atoms with E-state index in [0.29, 0.717) is 18.4 Å². The lowest BCUT2D eigenvalue weighted by molar-refractivity contribution is -0.137. The zero-order chi connectivity index (χ0) is 20.7. The van der Waals surface area contributed by atoms with E-state index in [-0.39, 0.29) is 36.3 Å². The van der Waals surface area contributed by atoms with Crippen molar-refractivity contribution in [3.63, 3.8) is 0 Å². The highest BCUT2D eigenvalue weighted by molar-refractivity contribution is 5.84. The van der Waals surface area contributed by atoms with Gasteiger partial charge in [-0.25, -0.2) is 4.79 Å². The van der Waals surface area contributed by atoms with Crippen LogP contribution in [0.25, 0.3) is 0 Å². The normalized spacial score (nSPS) is 24.9. The Hall–Kier alpha value is -2.05. The molecule has 7 heteroatoms. The molecule has 0 N–H and O–H groups in total. The van der Waals surface area contributed by atoms with Crippen LogP contribution in [-0.2, 0) is 22.1 Å². The van der Waals surface area contributed by atoms with Gasteiger partial charge < -0.3 is 9.64 Å². The van der Waals surface area contributed by atoms with Crippen molar-refractivity contribution in [3.05, 3.63) is 35.4 Å². The summed E-state index contributed by atoms with van der Waals surface area (Å²) in [6, 6.07) is 4.75. The number of fused-ring (bicyclic) bond motifs is 2. The second-order valence-electron chi connectivity index (χ2n) is 8.78. The standard InChI is InChI=1S/C21H26F3NO3/c1-20(2,3)28-19(27)25-16-8-9-17(25)12-14(11-16)18(26)10-13-4-6-15(7-5-13)21(22,23)24/h4-7,14,16-17H,8-12H2,1-3H3. The van der Waals surface area contributed by atoms with Crippen molar-refractivity contribution in [2.24, 2.45) is 5.92 Å². The molecule has 0 aromatic heterocycles. The Morgan fingerprint density at radius 1 is 1.04 bits per heavy atom. The molecule has 2 fully saturated rings. The van der Waals surface area contributed by atoms with E-state index in [1.54, 1.807) is 4.90 Å². The summed E-state index contributed by atoms with van der Waals surface area (Å²) in [5.74, 6) is -0.140. The number of carbonyl (C=O) groups is 2. The van der Waals surface area contributed by atoms with Crippen molar-refractivity contribution in [1.82, 2.24) is 4.90 Å². The van der Waals surface area contributed by atoms with E-state index in [1.807, 2.05) is 20.8 Å². The molecular weight excluding hydrogens is 371 g/mol. The third-order valence-electron chi connectivity index (χ3n) is 5.45. The van der Waals surface area contributed by atoms with Gasteiger partial charge in [-0.1, -0.05) is 12.1 Å². The van der Waals surface area contributed by atoms with E-state index in [0.717, 1.165) is 25.0 Å². The highest BCUT2D eigenvalue weighted by atomic mass is 19.4. The summed E-state index contributed by atoms with van der Waals surface area (Å²) in [6.07, 6.45) is -1.69. The number of Topliss-reactive ketones (excluding diaryl/α,β-unsaturated/α-hetero) is 1. The molecule has 4 nitrogen and oxygen atoms in total. The maximum absolute atomic E-state index is 12.7. The quantitative estimate of drug-likeness (QED) is 0.722. The molecule has 2 bridgehead atoms. The van der Waals surface area contributed by atoms with Gasteiger partial charge in [0.05, 0.1) is 5.56 Å². The number of alkyl halides is 3. The Bertz CT molecular complexity index is 723. The number of ketones is 1. The van der Waals surface area contributed by atoms with Gasteiger partial charge in [0.1, 0.15) is 11.4 Å². The summed E-state index contributed by atoms with van der Waals surface area (Å²) < 4.78 is 43.5. The van der Waals surface area contributed by atoms with E-state index in [9.17, 15) is 22.8 Å². The van der Waals surface area contributed by atoms with E-state index in [2.05, 4.69) is 0 Å². The van der Waals surface area contributed by atoms with Crippen molar-refractivity contribution in [2.45, 2.75) is 76.7 Å². The van der Waals surface area contributed by atoms with Crippen LogP contribution in [0.1, 0.15) is 57.6 Å². The number of nitrogens with zero attached hydrogens (tertiary/aromatic N) is 1. The number of ether oxygens (including phenoxy) is 1. The average Bonchev–Trinajstić information content (AvgIpc) is 2.83. The van der Waals surface area contributed by atoms with Gasteiger partial charge in [-0.15, -0.1) is 0 Å². The average molecular weight is 397 g/mol. The zero-order valence-corrected chi connectivity index (χ0v) is 16.4. The molecule has 154 valence electrons. The van der Waals surface area contributed by atoms with Crippen LogP contribution in [0, 0.1) is 5.92 Å². The Kier molecular flexibility index (Phi) is 5.47. The molecular formula is C21H26F3NO3. The lowest BCUT2D eigenvalue weighted by atomic mass is 9.85. The maximum atomic E-state index is 12.7. The van der Waals surface area contributed by atoms with Gasteiger partial charge in [-0.05, 0) is 64.2 Å². The third-order valence-corrected chi connectivity index (χ3v) is 5.45. The maximum Gasteiger partial charge on any atom is 0.416 e. The number of piperidine rings is 1. The van der Waals surface area contributed by atoms with Crippen LogP contribution in [-0.4, -0.2) is 34.5 Å². The van der Waals surface area contributed by atoms with Gasteiger partial charge in [0.15, 0.2) is 0 Å². The topological polar surface area (TPSA) is 46.6 Å². The summed E-state index contributed by atoms with van der Waals surface area (Å²) in [5.41, 5.74) is -0.696. The first kappa shape index (κ1) is 20.7. The number of hydrogen-bond donors (Lipinski definition) is 0.